The minimum absolute atomic E-state index is 0.204. The molecule has 0 bridgehead atoms. The van der Waals surface area contributed by atoms with Gasteiger partial charge >= 0.3 is 0 Å². The largest absolute Gasteiger partial charge is 0.363 e. The standard InChI is InChI=1S/C20H25N5/c1-13(2)18(15-5-7-16(8-6-15)20(4)9-10-20)24-17-11-14(3)23-19-21-12-22-25(17)19/h5-8,11-13,18,24H,9-10H2,1-4H3/t18-/m1/s1. The molecule has 1 aliphatic rings. The van der Waals surface area contributed by atoms with Crippen molar-refractivity contribution in [3.63, 3.8) is 0 Å². The van der Waals surface area contributed by atoms with E-state index in [-0.39, 0.29) is 6.04 Å². The van der Waals surface area contributed by atoms with Crippen molar-refractivity contribution in [2.45, 2.75) is 52.0 Å². The van der Waals surface area contributed by atoms with Gasteiger partial charge < -0.3 is 5.32 Å². The minimum Gasteiger partial charge on any atom is -0.363 e. The van der Waals surface area contributed by atoms with Gasteiger partial charge in [-0.15, -0.1) is 0 Å². The monoisotopic (exact) mass is 335 g/mol. The highest BCUT2D eigenvalue weighted by molar-refractivity contribution is 5.47. The molecule has 0 spiro atoms. The van der Waals surface area contributed by atoms with Crippen molar-refractivity contribution in [2.75, 3.05) is 5.32 Å². The fourth-order valence-corrected chi connectivity index (χ4v) is 3.40. The van der Waals surface area contributed by atoms with Crippen molar-refractivity contribution >= 4 is 11.6 Å². The van der Waals surface area contributed by atoms with Gasteiger partial charge in [-0.05, 0) is 42.2 Å². The molecule has 130 valence electrons. The number of anilines is 1. The first kappa shape index (κ1) is 16.1. The van der Waals surface area contributed by atoms with Gasteiger partial charge in [0.05, 0.1) is 6.04 Å². The lowest BCUT2D eigenvalue weighted by Gasteiger charge is -2.25. The summed E-state index contributed by atoms with van der Waals surface area (Å²) in [6, 6.07) is 11.4. The summed E-state index contributed by atoms with van der Waals surface area (Å²) < 4.78 is 1.77. The van der Waals surface area contributed by atoms with Crippen molar-refractivity contribution in [2.24, 2.45) is 5.92 Å². The van der Waals surface area contributed by atoms with Gasteiger partial charge in [-0.1, -0.05) is 45.0 Å². The number of nitrogens with one attached hydrogen (secondary N) is 1. The molecule has 5 nitrogen and oxygen atoms in total. The highest BCUT2D eigenvalue weighted by atomic mass is 15.4. The highest BCUT2D eigenvalue weighted by Gasteiger charge is 2.38. The Morgan fingerprint density at radius 1 is 1.16 bits per heavy atom. The van der Waals surface area contributed by atoms with Gasteiger partial charge in [-0.2, -0.15) is 14.6 Å². The molecule has 0 aliphatic heterocycles. The number of hydrogen-bond donors (Lipinski definition) is 1. The van der Waals surface area contributed by atoms with Crippen LogP contribution in [0.1, 0.15) is 56.5 Å². The average Bonchev–Trinajstić information content (AvgIpc) is 3.16. The molecule has 4 rings (SSSR count). The van der Waals surface area contributed by atoms with Gasteiger partial charge in [0.25, 0.3) is 5.78 Å². The van der Waals surface area contributed by atoms with E-state index in [1.807, 2.05) is 13.0 Å². The molecule has 2 aromatic heterocycles. The normalized spacial score (nSPS) is 17.0. The van der Waals surface area contributed by atoms with Crippen LogP contribution in [-0.2, 0) is 5.41 Å². The molecule has 1 fully saturated rings. The first-order valence-corrected chi connectivity index (χ1v) is 9.01. The Balaban J connectivity index is 1.66. The van der Waals surface area contributed by atoms with Gasteiger partial charge in [-0.3, -0.25) is 0 Å². The Morgan fingerprint density at radius 3 is 2.52 bits per heavy atom. The lowest BCUT2D eigenvalue weighted by atomic mass is 9.92. The van der Waals surface area contributed by atoms with E-state index in [1.54, 1.807) is 10.8 Å². The predicted molar refractivity (Wildman–Crippen MR) is 99.7 cm³/mol. The van der Waals surface area contributed by atoms with Crippen molar-refractivity contribution < 1.29 is 0 Å². The van der Waals surface area contributed by atoms with E-state index in [4.69, 9.17) is 0 Å². The van der Waals surface area contributed by atoms with Crippen molar-refractivity contribution in [1.82, 2.24) is 19.6 Å². The number of nitrogens with zero attached hydrogens (tertiary/aromatic N) is 4. The molecular weight excluding hydrogens is 310 g/mol. The van der Waals surface area contributed by atoms with Crippen molar-refractivity contribution in [1.29, 1.82) is 0 Å². The first-order chi connectivity index (χ1) is 12.0. The maximum absolute atomic E-state index is 4.42. The summed E-state index contributed by atoms with van der Waals surface area (Å²) in [5.41, 5.74) is 4.10. The third-order valence-electron chi connectivity index (χ3n) is 5.32. The third kappa shape index (κ3) is 2.99. The number of rotatable bonds is 5. The Morgan fingerprint density at radius 2 is 1.88 bits per heavy atom. The second-order valence-electron chi connectivity index (χ2n) is 7.80. The molecule has 1 atom stereocenters. The summed E-state index contributed by atoms with van der Waals surface area (Å²) in [7, 11) is 0. The van der Waals surface area contributed by atoms with Crippen molar-refractivity contribution in [3.8, 4) is 0 Å². The topological polar surface area (TPSA) is 55.1 Å². The number of benzene rings is 1. The summed E-state index contributed by atoms with van der Waals surface area (Å²) in [5, 5.41) is 7.96. The van der Waals surface area contributed by atoms with Gasteiger partial charge in [0.1, 0.15) is 12.1 Å². The summed E-state index contributed by atoms with van der Waals surface area (Å²) in [6.45, 7) is 8.80. The zero-order valence-corrected chi connectivity index (χ0v) is 15.3. The fourth-order valence-electron chi connectivity index (χ4n) is 3.40. The van der Waals surface area contributed by atoms with Gasteiger partial charge in [-0.25, -0.2) is 4.98 Å². The summed E-state index contributed by atoms with van der Waals surface area (Å²) >= 11 is 0. The molecule has 0 radical (unpaired) electrons. The van der Waals surface area contributed by atoms with Crippen LogP contribution in [0.4, 0.5) is 5.82 Å². The molecule has 5 heteroatoms. The van der Waals surface area contributed by atoms with Crippen LogP contribution in [0.2, 0.25) is 0 Å². The molecular formula is C20H25N5. The molecule has 1 saturated carbocycles. The van der Waals surface area contributed by atoms with E-state index in [1.165, 1.54) is 24.0 Å². The molecule has 1 N–H and O–H groups in total. The second-order valence-corrected chi connectivity index (χ2v) is 7.80. The summed E-state index contributed by atoms with van der Waals surface area (Å²) in [6.07, 6.45) is 4.15. The average molecular weight is 335 g/mol. The lowest BCUT2D eigenvalue weighted by Crippen LogP contribution is -2.19. The molecule has 0 saturated heterocycles. The Labute approximate surface area is 148 Å². The maximum Gasteiger partial charge on any atom is 0.254 e. The molecule has 1 aromatic carbocycles. The highest BCUT2D eigenvalue weighted by Crippen LogP contribution is 2.47. The van der Waals surface area contributed by atoms with Crippen LogP contribution in [0, 0.1) is 12.8 Å². The molecule has 2 heterocycles. The van der Waals surface area contributed by atoms with E-state index < -0.39 is 0 Å². The van der Waals surface area contributed by atoms with Crippen LogP contribution in [0.25, 0.3) is 5.78 Å². The van der Waals surface area contributed by atoms with E-state index in [0.29, 0.717) is 17.1 Å². The molecule has 0 unspecified atom stereocenters. The van der Waals surface area contributed by atoms with Crippen LogP contribution in [0.15, 0.2) is 36.7 Å². The van der Waals surface area contributed by atoms with Crippen molar-refractivity contribution in [3.05, 3.63) is 53.5 Å². The molecule has 1 aliphatic carbocycles. The van der Waals surface area contributed by atoms with E-state index in [0.717, 1.165) is 11.5 Å². The maximum atomic E-state index is 4.42. The molecule has 3 aromatic rings. The zero-order valence-electron chi connectivity index (χ0n) is 15.3. The van der Waals surface area contributed by atoms with Crippen LogP contribution in [0.3, 0.4) is 0 Å². The zero-order chi connectivity index (χ0) is 17.6. The van der Waals surface area contributed by atoms with E-state index in [2.05, 4.69) is 65.4 Å². The van der Waals surface area contributed by atoms with Gasteiger partial charge in [0.15, 0.2) is 0 Å². The second kappa shape index (κ2) is 5.83. The number of aryl methyl sites for hydroxylation is 1. The first-order valence-electron chi connectivity index (χ1n) is 9.01. The van der Waals surface area contributed by atoms with Gasteiger partial charge in [0, 0.05) is 11.8 Å². The van der Waals surface area contributed by atoms with Crippen LogP contribution in [0.5, 0.6) is 0 Å². The quantitative estimate of drug-likeness (QED) is 0.755. The number of aromatic nitrogens is 4. The number of fused-ring (bicyclic) bond motifs is 1. The minimum atomic E-state index is 0.204. The van der Waals surface area contributed by atoms with Crippen LogP contribution < -0.4 is 5.32 Å². The Hall–Kier alpha value is -2.43. The van der Waals surface area contributed by atoms with Crippen LogP contribution in [-0.4, -0.2) is 19.6 Å². The summed E-state index contributed by atoms with van der Waals surface area (Å²) in [5.74, 6) is 1.99. The van der Waals surface area contributed by atoms with E-state index in [9.17, 15) is 0 Å². The SMILES string of the molecule is Cc1cc(N[C@@H](c2ccc(C3(C)CC3)cc2)C(C)C)n2ncnc2n1. The van der Waals surface area contributed by atoms with Crippen LogP contribution >= 0.6 is 0 Å². The van der Waals surface area contributed by atoms with E-state index >= 15 is 0 Å². The molecule has 0 amide bonds. The number of hydrogen-bond acceptors (Lipinski definition) is 4. The Bertz CT molecular complexity index is 890. The predicted octanol–water partition coefficient (Wildman–Crippen LogP) is 4.29. The Kier molecular flexibility index (Phi) is 3.74. The smallest absolute Gasteiger partial charge is 0.254 e. The molecule has 25 heavy (non-hydrogen) atoms. The van der Waals surface area contributed by atoms with Gasteiger partial charge in [0.2, 0.25) is 0 Å². The third-order valence-corrected chi connectivity index (χ3v) is 5.32. The lowest BCUT2D eigenvalue weighted by molar-refractivity contribution is 0.542. The fraction of sp³-hybridized carbons (Fsp3) is 0.450. The summed E-state index contributed by atoms with van der Waals surface area (Å²) in [4.78, 5) is 8.63.